The second-order valence-electron chi connectivity index (χ2n) is 5.90. The van der Waals surface area contributed by atoms with Gasteiger partial charge in [0.2, 0.25) is 5.95 Å². The third-order valence-corrected chi connectivity index (χ3v) is 4.94. The van der Waals surface area contributed by atoms with Gasteiger partial charge in [-0.25, -0.2) is 19.3 Å². The fourth-order valence-electron chi connectivity index (χ4n) is 3.19. The van der Waals surface area contributed by atoms with Gasteiger partial charge in [-0.15, -0.1) is 11.3 Å². The number of hydrogen-bond donors (Lipinski definition) is 0. The van der Waals surface area contributed by atoms with Crippen LogP contribution in [-0.4, -0.2) is 64.6 Å². The van der Waals surface area contributed by atoms with Crippen molar-refractivity contribution in [2.24, 2.45) is 5.92 Å². The highest BCUT2D eigenvalue weighted by Gasteiger charge is 2.38. The largest absolute Gasteiger partial charge is 0.374 e. The summed E-state index contributed by atoms with van der Waals surface area (Å²) >= 11 is 1.41. The molecule has 2 fully saturated rings. The maximum absolute atomic E-state index is 13.0. The smallest absolute Gasteiger partial charge is 0.273 e. The summed E-state index contributed by atoms with van der Waals surface area (Å²) in [5, 5.41) is 1.76. The zero-order valence-corrected chi connectivity index (χ0v) is 13.7. The van der Waals surface area contributed by atoms with Gasteiger partial charge in [0, 0.05) is 37.5 Å². The SMILES string of the molecule is O=C(c1cscn1)N1CCO[C@@H]2CN(c3ncc(F)cn3)C[C@@H]2C1. The van der Waals surface area contributed by atoms with Crippen LogP contribution in [-0.2, 0) is 4.74 Å². The Morgan fingerprint density at radius 2 is 2.08 bits per heavy atom. The van der Waals surface area contributed by atoms with Crippen LogP contribution in [0.15, 0.2) is 23.3 Å². The van der Waals surface area contributed by atoms with Gasteiger partial charge in [0.25, 0.3) is 5.91 Å². The summed E-state index contributed by atoms with van der Waals surface area (Å²) in [6.07, 6.45) is 2.34. The van der Waals surface area contributed by atoms with Crippen molar-refractivity contribution >= 4 is 23.2 Å². The third-order valence-electron chi connectivity index (χ3n) is 4.36. The predicted octanol–water partition coefficient (Wildman–Crippen LogP) is 1.05. The van der Waals surface area contributed by atoms with E-state index in [2.05, 4.69) is 15.0 Å². The van der Waals surface area contributed by atoms with Gasteiger partial charge in [-0.2, -0.15) is 0 Å². The molecule has 24 heavy (non-hydrogen) atoms. The van der Waals surface area contributed by atoms with E-state index in [4.69, 9.17) is 4.74 Å². The fraction of sp³-hybridized carbons (Fsp3) is 0.467. The summed E-state index contributed by atoms with van der Waals surface area (Å²) in [7, 11) is 0. The molecule has 2 aromatic rings. The molecular formula is C15H16FN5O2S. The van der Waals surface area contributed by atoms with Gasteiger partial charge in [-0.3, -0.25) is 4.79 Å². The number of aromatic nitrogens is 3. The molecule has 0 unspecified atom stereocenters. The topological polar surface area (TPSA) is 71.5 Å². The number of hydrogen-bond acceptors (Lipinski definition) is 7. The van der Waals surface area contributed by atoms with E-state index in [0.29, 0.717) is 44.4 Å². The van der Waals surface area contributed by atoms with Crippen molar-refractivity contribution in [2.75, 3.05) is 37.7 Å². The van der Waals surface area contributed by atoms with E-state index in [9.17, 15) is 9.18 Å². The average molecular weight is 349 g/mol. The lowest BCUT2D eigenvalue weighted by Gasteiger charge is -2.22. The molecule has 0 aliphatic carbocycles. The molecule has 4 heterocycles. The minimum Gasteiger partial charge on any atom is -0.374 e. The van der Waals surface area contributed by atoms with Crippen LogP contribution < -0.4 is 4.90 Å². The second kappa shape index (κ2) is 6.40. The lowest BCUT2D eigenvalue weighted by atomic mass is 10.1. The van der Waals surface area contributed by atoms with Crippen molar-refractivity contribution < 1.29 is 13.9 Å². The second-order valence-corrected chi connectivity index (χ2v) is 6.62. The van der Waals surface area contributed by atoms with E-state index in [-0.39, 0.29) is 17.9 Å². The Hall–Kier alpha value is -2.13. The molecule has 0 radical (unpaired) electrons. The standard InChI is InChI=1S/C15H16FN5O2S/c16-11-3-17-15(18-4-11)21-6-10-5-20(1-2-23-13(10)7-21)14(22)12-8-24-9-19-12/h3-4,8-10,13H,1-2,5-7H2/t10-,13+/m0/s1. The van der Waals surface area contributed by atoms with Gasteiger partial charge >= 0.3 is 0 Å². The van der Waals surface area contributed by atoms with Crippen LogP contribution in [0.5, 0.6) is 0 Å². The number of halogens is 1. The molecule has 0 bridgehead atoms. The van der Waals surface area contributed by atoms with Gasteiger partial charge in [-0.1, -0.05) is 0 Å². The van der Waals surface area contributed by atoms with E-state index in [1.54, 1.807) is 15.8 Å². The zero-order chi connectivity index (χ0) is 16.5. The molecule has 0 N–H and O–H groups in total. The van der Waals surface area contributed by atoms with Crippen LogP contribution in [0.2, 0.25) is 0 Å². The molecule has 2 aromatic heterocycles. The van der Waals surface area contributed by atoms with Crippen molar-refractivity contribution in [1.29, 1.82) is 0 Å². The lowest BCUT2D eigenvalue weighted by molar-refractivity contribution is 0.0568. The van der Waals surface area contributed by atoms with Gasteiger partial charge in [0.1, 0.15) is 5.69 Å². The Morgan fingerprint density at radius 1 is 1.25 bits per heavy atom. The average Bonchev–Trinajstić information content (AvgIpc) is 3.21. The van der Waals surface area contributed by atoms with Crippen molar-refractivity contribution in [3.63, 3.8) is 0 Å². The molecule has 126 valence electrons. The predicted molar refractivity (Wildman–Crippen MR) is 85.5 cm³/mol. The first kappa shape index (κ1) is 15.4. The van der Waals surface area contributed by atoms with E-state index in [1.807, 2.05) is 4.90 Å². The van der Waals surface area contributed by atoms with Gasteiger partial charge in [0.05, 0.1) is 30.6 Å². The summed E-state index contributed by atoms with van der Waals surface area (Å²) < 4.78 is 18.9. The summed E-state index contributed by atoms with van der Waals surface area (Å²) in [5.41, 5.74) is 2.14. The minimum atomic E-state index is -0.455. The summed E-state index contributed by atoms with van der Waals surface area (Å²) in [4.78, 5) is 28.5. The molecule has 9 heteroatoms. The number of thiazole rings is 1. The van der Waals surface area contributed by atoms with E-state index in [0.717, 1.165) is 12.4 Å². The monoisotopic (exact) mass is 349 g/mol. The molecule has 0 aromatic carbocycles. The zero-order valence-electron chi connectivity index (χ0n) is 12.8. The van der Waals surface area contributed by atoms with Gasteiger partial charge in [0.15, 0.2) is 5.82 Å². The molecule has 0 saturated carbocycles. The van der Waals surface area contributed by atoms with Crippen molar-refractivity contribution in [3.05, 3.63) is 34.8 Å². The highest BCUT2D eigenvalue weighted by molar-refractivity contribution is 7.07. The number of rotatable bonds is 2. The van der Waals surface area contributed by atoms with E-state index in [1.165, 1.54) is 11.3 Å². The van der Waals surface area contributed by atoms with Crippen LogP contribution in [0.3, 0.4) is 0 Å². The Bertz CT molecular complexity index is 711. The van der Waals surface area contributed by atoms with E-state index < -0.39 is 5.82 Å². The van der Waals surface area contributed by atoms with Gasteiger partial charge in [-0.05, 0) is 0 Å². The molecule has 4 rings (SSSR count). The molecule has 7 nitrogen and oxygen atoms in total. The van der Waals surface area contributed by atoms with E-state index >= 15 is 0 Å². The Kier molecular flexibility index (Phi) is 4.11. The van der Waals surface area contributed by atoms with Crippen molar-refractivity contribution in [1.82, 2.24) is 19.9 Å². The highest BCUT2D eigenvalue weighted by Crippen LogP contribution is 2.26. The first-order valence-corrected chi connectivity index (χ1v) is 8.66. The Labute approximate surface area is 142 Å². The maximum Gasteiger partial charge on any atom is 0.273 e. The van der Waals surface area contributed by atoms with Crippen molar-refractivity contribution in [3.8, 4) is 0 Å². The maximum atomic E-state index is 13.0. The third kappa shape index (κ3) is 2.96. The number of amides is 1. The summed E-state index contributed by atoms with van der Waals surface area (Å²) in [6.45, 7) is 3.00. The molecule has 1 amide bonds. The molecule has 2 atom stereocenters. The molecule has 2 saturated heterocycles. The Morgan fingerprint density at radius 3 is 2.83 bits per heavy atom. The molecule has 2 aliphatic heterocycles. The highest BCUT2D eigenvalue weighted by atomic mass is 32.1. The quantitative estimate of drug-likeness (QED) is 0.807. The first-order valence-electron chi connectivity index (χ1n) is 7.72. The lowest BCUT2D eigenvalue weighted by Crippen LogP contribution is -2.37. The van der Waals surface area contributed by atoms with Crippen LogP contribution in [0.25, 0.3) is 0 Å². The number of carbonyl (C=O) groups excluding carboxylic acids is 1. The minimum absolute atomic E-state index is 0.0203. The molecular weight excluding hydrogens is 333 g/mol. The van der Waals surface area contributed by atoms with Gasteiger partial charge < -0.3 is 14.5 Å². The normalized spacial score (nSPS) is 23.9. The van der Waals surface area contributed by atoms with Crippen LogP contribution in [0.1, 0.15) is 10.5 Å². The van der Waals surface area contributed by atoms with Crippen LogP contribution in [0, 0.1) is 11.7 Å². The van der Waals surface area contributed by atoms with Crippen LogP contribution >= 0.6 is 11.3 Å². The fourth-order valence-corrected chi connectivity index (χ4v) is 3.72. The number of ether oxygens (including phenoxy) is 1. The van der Waals surface area contributed by atoms with Crippen molar-refractivity contribution in [2.45, 2.75) is 6.10 Å². The number of fused-ring (bicyclic) bond motifs is 1. The summed E-state index contributed by atoms with van der Waals surface area (Å²) in [6, 6.07) is 0. The number of nitrogens with zero attached hydrogens (tertiary/aromatic N) is 5. The Balaban J connectivity index is 1.47. The number of anilines is 1. The first-order chi connectivity index (χ1) is 11.7. The molecule has 2 aliphatic rings. The molecule has 0 spiro atoms. The van der Waals surface area contributed by atoms with Crippen LogP contribution in [0.4, 0.5) is 10.3 Å². The summed E-state index contributed by atoms with van der Waals surface area (Å²) in [5.74, 6) is 0.148. The number of carbonyl (C=O) groups is 1.